The summed E-state index contributed by atoms with van der Waals surface area (Å²) in [5.74, 6) is 0. The van der Waals surface area contributed by atoms with Crippen LogP contribution in [0, 0.1) is 6.92 Å². The van der Waals surface area contributed by atoms with E-state index in [0.717, 1.165) is 16.5 Å². The summed E-state index contributed by atoms with van der Waals surface area (Å²) >= 11 is 5.87. The van der Waals surface area contributed by atoms with Crippen molar-refractivity contribution in [1.29, 1.82) is 0 Å². The molecule has 0 amide bonds. The third kappa shape index (κ3) is 2.75. The van der Waals surface area contributed by atoms with Gasteiger partial charge in [-0.25, -0.2) is 4.98 Å². The molecule has 4 heteroatoms. The number of aromatic nitrogens is 1. The molecule has 1 heterocycles. The number of rotatable bonds is 1. The molecule has 17 heavy (non-hydrogen) atoms. The molecule has 2 aromatic rings. The normalized spacial score (nSPS) is 10.3. The van der Waals surface area contributed by atoms with Gasteiger partial charge >= 0.3 is 0 Å². The first-order chi connectivity index (χ1) is 8.11. The third-order valence-corrected chi connectivity index (χ3v) is 2.70. The average Bonchev–Trinajstić information content (AvgIpc) is 2.31. The molecular weight excluding hydrogens is 238 g/mol. The maximum absolute atomic E-state index is 9.18. The van der Waals surface area contributed by atoms with Crippen molar-refractivity contribution in [1.82, 2.24) is 4.98 Å². The lowest BCUT2D eigenvalue weighted by Crippen LogP contribution is -2.02. The highest BCUT2D eigenvalue weighted by molar-refractivity contribution is 6.30. The monoisotopic (exact) mass is 253 g/mol. The van der Waals surface area contributed by atoms with Crippen molar-refractivity contribution < 1.29 is 10.2 Å². The molecule has 0 radical (unpaired) electrons. The zero-order chi connectivity index (χ0) is 13.0. The van der Waals surface area contributed by atoms with E-state index >= 15 is 0 Å². The minimum Gasteiger partial charge on any atom is -0.364 e. The molecule has 0 unspecified atom stereocenters. The first-order valence-corrected chi connectivity index (χ1v) is 5.90. The summed E-state index contributed by atoms with van der Waals surface area (Å²) in [5, 5.41) is 19.4. The van der Waals surface area contributed by atoms with Crippen LogP contribution in [0.15, 0.2) is 24.3 Å². The Labute approximate surface area is 106 Å². The minimum atomic E-state index is -1.59. The molecule has 92 valence electrons. The van der Waals surface area contributed by atoms with E-state index in [2.05, 4.69) is 4.98 Å². The van der Waals surface area contributed by atoms with Crippen LogP contribution < -0.4 is 0 Å². The fourth-order valence-electron chi connectivity index (χ4n) is 1.65. The van der Waals surface area contributed by atoms with Gasteiger partial charge in [-0.15, -0.1) is 0 Å². The van der Waals surface area contributed by atoms with Crippen molar-refractivity contribution in [2.24, 2.45) is 0 Å². The molecule has 0 aliphatic rings. The van der Waals surface area contributed by atoms with Crippen molar-refractivity contribution in [3.63, 3.8) is 0 Å². The second-order valence-corrected chi connectivity index (χ2v) is 3.69. The highest BCUT2D eigenvalue weighted by Gasteiger charge is 2.15. The van der Waals surface area contributed by atoms with Crippen LogP contribution in [0.1, 0.15) is 31.3 Å². The number of fused-ring (bicyclic) bond motifs is 1. The van der Waals surface area contributed by atoms with Crippen molar-refractivity contribution in [3.8, 4) is 0 Å². The number of aryl methyl sites for hydroxylation is 1. The SMILES string of the molecule is CC.Cc1c(C(O)O)c(Cl)nc2ccccc12. The van der Waals surface area contributed by atoms with Crippen molar-refractivity contribution in [3.05, 3.63) is 40.5 Å². The van der Waals surface area contributed by atoms with Crippen LogP contribution in [-0.2, 0) is 0 Å². The Kier molecular flexibility index (Phi) is 4.87. The zero-order valence-corrected chi connectivity index (χ0v) is 10.9. The maximum Gasteiger partial charge on any atom is 0.181 e. The molecule has 1 aromatic heterocycles. The lowest BCUT2D eigenvalue weighted by molar-refractivity contribution is -0.0429. The Hall–Kier alpha value is -1.16. The molecule has 2 N–H and O–H groups in total. The predicted octanol–water partition coefficient (Wildman–Crippen LogP) is 3.21. The highest BCUT2D eigenvalue weighted by Crippen LogP contribution is 2.29. The van der Waals surface area contributed by atoms with E-state index < -0.39 is 6.29 Å². The molecular formula is C13H16ClNO2. The smallest absolute Gasteiger partial charge is 0.181 e. The lowest BCUT2D eigenvalue weighted by Gasteiger charge is -2.12. The molecule has 0 saturated carbocycles. The van der Waals surface area contributed by atoms with E-state index in [1.54, 1.807) is 6.92 Å². The van der Waals surface area contributed by atoms with Gasteiger partial charge in [0.1, 0.15) is 5.15 Å². The summed E-state index contributed by atoms with van der Waals surface area (Å²) in [7, 11) is 0. The van der Waals surface area contributed by atoms with Crippen molar-refractivity contribution in [2.45, 2.75) is 27.1 Å². The number of pyridine rings is 1. The van der Waals surface area contributed by atoms with Crippen molar-refractivity contribution >= 4 is 22.5 Å². The van der Waals surface area contributed by atoms with Gasteiger partial charge in [-0.3, -0.25) is 0 Å². The number of para-hydroxylation sites is 1. The largest absolute Gasteiger partial charge is 0.364 e. The summed E-state index contributed by atoms with van der Waals surface area (Å²) in [6.07, 6.45) is -1.59. The van der Waals surface area contributed by atoms with Crippen LogP contribution in [0.25, 0.3) is 10.9 Å². The average molecular weight is 254 g/mol. The van der Waals surface area contributed by atoms with Gasteiger partial charge in [-0.05, 0) is 18.6 Å². The van der Waals surface area contributed by atoms with E-state index in [-0.39, 0.29) is 10.7 Å². The molecule has 0 saturated heterocycles. The van der Waals surface area contributed by atoms with Gasteiger partial charge in [-0.1, -0.05) is 43.6 Å². The quantitative estimate of drug-likeness (QED) is 0.606. The van der Waals surface area contributed by atoms with E-state index in [9.17, 15) is 10.2 Å². The fourth-order valence-corrected chi connectivity index (χ4v) is 1.98. The highest BCUT2D eigenvalue weighted by atomic mass is 35.5. The first kappa shape index (κ1) is 13.9. The first-order valence-electron chi connectivity index (χ1n) is 5.52. The number of halogens is 1. The molecule has 0 aliphatic heterocycles. The number of hydrogen-bond donors (Lipinski definition) is 2. The molecule has 0 bridgehead atoms. The Balaban J connectivity index is 0.000000686. The number of aliphatic hydroxyl groups excluding tert-OH is 1. The minimum absolute atomic E-state index is 0.140. The second-order valence-electron chi connectivity index (χ2n) is 3.33. The maximum atomic E-state index is 9.18. The van der Waals surface area contributed by atoms with Gasteiger partial charge in [0.25, 0.3) is 0 Å². The van der Waals surface area contributed by atoms with Gasteiger partial charge < -0.3 is 10.2 Å². The summed E-state index contributed by atoms with van der Waals surface area (Å²) < 4.78 is 0. The number of nitrogens with zero attached hydrogens (tertiary/aromatic N) is 1. The number of aliphatic hydroxyl groups is 2. The van der Waals surface area contributed by atoms with E-state index in [1.807, 2.05) is 38.1 Å². The Bertz CT molecular complexity index is 512. The van der Waals surface area contributed by atoms with E-state index in [0.29, 0.717) is 0 Å². The molecule has 0 fully saturated rings. The van der Waals surface area contributed by atoms with Crippen LogP contribution in [0.5, 0.6) is 0 Å². The zero-order valence-electron chi connectivity index (χ0n) is 10.1. The fraction of sp³-hybridized carbons (Fsp3) is 0.308. The Morgan fingerprint density at radius 3 is 2.35 bits per heavy atom. The predicted molar refractivity (Wildman–Crippen MR) is 70.0 cm³/mol. The van der Waals surface area contributed by atoms with E-state index in [1.165, 1.54) is 0 Å². The Morgan fingerprint density at radius 2 is 1.76 bits per heavy atom. The third-order valence-electron chi connectivity index (χ3n) is 2.41. The van der Waals surface area contributed by atoms with Crippen LogP contribution in [0.3, 0.4) is 0 Å². The summed E-state index contributed by atoms with van der Waals surface area (Å²) in [4.78, 5) is 4.10. The summed E-state index contributed by atoms with van der Waals surface area (Å²) in [6, 6.07) is 7.44. The van der Waals surface area contributed by atoms with Gasteiger partial charge in [0.15, 0.2) is 6.29 Å². The molecule has 0 spiro atoms. The molecule has 1 aromatic carbocycles. The lowest BCUT2D eigenvalue weighted by atomic mass is 10.0. The number of benzene rings is 1. The van der Waals surface area contributed by atoms with Crippen molar-refractivity contribution in [2.75, 3.05) is 0 Å². The van der Waals surface area contributed by atoms with Crippen LogP contribution in [0.2, 0.25) is 5.15 Å². The van der Waals surface area contributed by atoms with Gasteiger partial charge in [0, 0.05) is 10.9 Å². The number of hydrogen-bond acceptors (Lipinski definition) is 3. The standard InChI is InChI=1S/C11H10ClNO2.C2H6/c1-6-7-4-2-3-5-8(7)13-10(12)9(6)11(14)15;1-2/h2-5,11,14-15H,1H3;1-2H3. The summed E-state index contributed by atoms with van der Waals surface area (Å²) in [5.41, 5.74) is 1.78. The molecule has 0 aliphatic carbocycles. The molecule has 2 rings (SSSR count). The Morgan fingerprint density at radius 1 is 1.18 bits per heavy atom. The molecule has 0 atom stereocenters. The van der Waals surface area contributed by atoms with Crippen LogP contribution in [-0.4, -0.2) is 15.2 Å². The van der Waals surface area contributed by atoms with Crippen LogP contribution in [0.4, 0.5) is 0 Å². The van der Waals surface area contributed by atoms with E-state index in [4.69, 9.17) is 11.6 Å². The van der Waals surface area contributed by atoms with Gasteiger partial charge in [0.2, 0.25) is 0 Å². The summed E-state index contributed by atoms with van der Waals surface area (Å²) in [6.45, 7) is 5.80. The van der Waals surface area contributed by atoms with Gasteiger partial charge in [-0.2, -0.15) is 0 Å². The van der Waals surface area contributed by atoms with Gasteiger partial charge in [0.05, 0.1) is 5.52 Å². The molecule has 3 nitrogen and oxygen atoms in total. The second kappa shape index (κ2) is 5.96. The topological polar surface area (TPSA) is 53.4 Å². The van der Waals surface area contributed by atoms with Crippen LogP contribution >= 0.6 is 11.6 Å².